The summed E-state index contributed by atoms with van der Waals surface area (Å²) in [6.45, 7) is 5.08. The van der Waals surface area contributed by atoms with Crippen LogP contribution in [0.2, 0.25) is 0 Å². The van der Waals surface area contributed by atoms with Gasteiger partial charge in [-0.3, -0.25) is 4.79 Å². The van der Waals surface area contributed by atoms with Crippen LogP contribution in [0.25, 0.3) is 0 Å². The molecular weight excluding hydrogens is 240 g/mol. The molecule has 1 amide bonds. The highest BCUT2D eigenvalue weighted by Crippen LogP contribution is 2.20. The van der Waals surface area contributed by atoms with Crippen LogP contribution in [-0.2, 0) is 16.9 Å². The normalized spacial score (nSPS) is 15.5. The molecule has 1 fully saturated rings. The van der Waals surface area contributed by atoms with E-state index in [2.05, 4.69) is 34.0 Å². The zero-order valence-corrected chi connectivity index (χ0v) is 12.1. The average molecular weight is 264 g/mol. The quantitative estimate of drug-likeness (QED) is 0.782. The van der Waals surface area contributed by atoms with Crippen molar-refractivity contribution in [3.8, 4) is 0 Å². The van der Waals surface area contributed by atoms with Crippen molar-refractivity contribution < 1.29 is 4.79 Å². The molecule has 0 bridgehead atoms. The molecule has 1 aromatic rings. The molecule has 0 radical (unpaired) electrons. The fraction of sp³-hybridized carbons (Fsp3) is 0.714. The number of aromatic nitrogens is 2. The number of imidazole rings is 1. The lowest BCUT2D eigenvalue weighted by Crippen LogP contribution is -2.35. The predicted octanol–water partition coefficient (Wildman–Crippen LogP) is 1.40. The van der Waals surface area contributed by atoms with Gasteiger partial charge in [-0.15, -0.1) is 0 Å². The van der Waals surface area contributed by atoms with Crippen LogP contribution in [0, 0.1) is 0 Å². The van der Waals surface area contributed by atoms with Gasteiger partial charge in [0.2, 0.25) is 5.91 Å². The number of carbonyl (C=O) groups is 1. The van der Waals surface area contributed by atoms with Gasteiger partial charge in [0, 0.05) is 25.2 Å². The van der Waals surface area contributed by atoms with Gasteiger partial charge in [-0.05, 0) is 40.2 Å². The summed E-state index contributed by atoms with van der Waals surface area (Å²) >= 11 is 0. The molecule has 5 nitrogen and oxygen atoms in total. The molecule has 106 valence electrons. The minimum atomic E-state index is -0.104. The summed E-state index contributed by atoms with van der Waals surface area (Å²) in [5.41, 5.74) is 1.05. The third-order valence-electron chi connectivity index (χ3n) is 3.72. The second kappa shape index (κ2) is 5.74. The summed E-state index contributed by atoms with van der Waals surface area (Å²) in [5, 5.41) is 6.29. The second-order valence-corrected chi connectivity index (χ2v) is 5.79. The maximum atomic E-state index is 11.6. The van der Waals surface area contributed by atoms with E-state index in [4.69, 9.17) is 0 Å². The fourth-order valence-electron chi connectivity index (χ4n) is 2.08. The van der Waals surface area contributed by atoms with E-state index in [0.717, 1.165) is 31.5 Å². The number of hydrogen-bond acceptors (Lipinski definition) is 3. The van der Waals surface area contributed by atoms with Gasteiger partial charge in [0.1, 0.15) is 0 Å². The van der Waals surface area contributed by atoms with Gasteiger partial charge >= 0.3 is 0 Å². The summed E-state index contributed by atoms with van der Waals surface area (Å²) < 4.78 is 2.13. The van der Waals surface area contributed by atoms with Crippen molar-refractivity contribution in [2.75, 3.05) is 7.05 Å². The largest absolute Gasteiger partial charge is 0.353 e. The molecule has 1 saturated carbocycles. The Morgan fingerprint density at radius 3 is 2.89 bits per heavy atom. The zero-order chi connectivity index (χ0) is 13.9. The third-order valence-corrected chi connectivity index (χ3v) is 3.72. The van der Waals surface area contributed by atoms with Crippen molar-refractivity contribution >= 4 is 5.91 Å². The van der Waals surface area contributed by atoms with Crippen LogP contribution < -0.4 is 10.6 Å². The van der Waals surface area contributed by atoms with Crippen molar-refractivity contribution in [3.63, 3.8) is 0 Å². The SMILES string of the molecule is CNC(C)(C)c1cncn1CCCC(=O)NC1CC1. The minimum Gasteiger partial charge on any atom is -0.353 e. The monoisotopic (exact) mass is 264 g/mol. The molecule has 0 aliphatic heterocycles. The Kier molecular flexibility index (Phi) is 4.24. The van der Waals surface area contributed by atoms with Crippen molar-refractivity contribution in [1.82, 2.24) is 20.2 Å². The van der Waals surface area contributed by atoms with E-state index in [1.807, 2.05) is 19.6 Å². The topological polar surface area (TPSA) is 59.0 Å². The van der Waals surface area contributed by atoms with Crippen LogP contribution in [0.3, 0.4) is 0 Å². The second-order valence-electron chi connectivity index (χ2n) is 5.79. The minimum absolute atomic E-state index is 0.104. The average Bonchev–Trinajstić information content (AvgIpc) is 3.04. The molecule has 1 aliphatic rings. The highest BCUT2D eigenvalue weighted by molar-refractivity contribution is 5.76. The highest BCUT2D eigenvalue weighted by atomic mass is 16.1. The Morgan fingerprint density at radius 2 is 2.26 bits per heavy atom. The summed E-state index contributed by atoms with van der Waals surface area (Å²) in [6, 6.07) is 0.458. The van der Waals surface area contributed by atoms with Gasteiger partial charge in [0.25, 0.3) is 0 Å². The van der Waals surface area contributed by atoms with E-state index in [0.29, 0.717) is 12.5 Å². The number of nitrogens with zero attached hydrogens (tertiary/aromatic N) is 2. The van der Waals surface area contributed by atoms with E-state index in [1.54, 1.807) is 0 Å². The molecule has 0 unspecified atom stereocenters. The number of carbonyl (C=O) groups excluding carboxylic acids is 1. The maximum Gasteiger partial charge on any atom is 0.220 e. The number of amides is 1. The van der Waals surface area contributed by atoms with Crippen LogP contribution in [-0.4, -0.2) is 28.5 Å². The van der Waals surface area contributed by atoms with E-state index >= 15 is 0 Å². The lowest BCUT2D eigenvalue weighted by atomic mass is 10.0. The maximum absolute atomic E-state index is 11.6. The first-order valence-electron chi connectivity index (χ1n) is 7.02. The van der Waals surface area contributed by atoms with Gasteiger partial charge in [0.15, 0.2) is 0 Å². The predicted molar refractivity (Wildman–Crippen MR) is 74.7 cm³/mol. The first-order valence-corrected chi connectivity index (χ1v) is 7.02. The Bertz CT molecular complexity index is 434. The van der Waals surface area contributed by atoms with Gasteiger partial charge in [0.05, 0.1) is 17.6 Å². The molecule has 19 heavy (non-hydrogen) atoms. The smallest absolute Gasteiger partial charge is 0.220 e. The molecule has 5 heteroatoms. The van der Waals surface area contributed by atoms with Crippen molar-refractivity contribution in [1.29, 1.82) is 0 Å². The molecule has 0 saturated heterocycles. The zero-order valence-electron chi connectivity index (χ0n) is 12.1. The summed E-state index contributed by atoms with van der Waals surface area (Å²) in [5.74, 6) is 0.178. The lowest BCUT2D eigenvalue weighted by Gasteiger charge is -2.25. The number of hydrogen-bond donors (Lipinski definition) is 2. The Morgan fingerprint density at radius 1 is 1.53 bits per heavy atom. The van der Waals surface area contributed by atoms with Crippen molar-refractivity contribution in [3.05, 3.63) is 18.2 Å². The van der Waals surface area contributed by atoms with Crippen molar-refractivity contribution in [2.45, 2.75) is 57.7 Å². The molecular formula is C14H24N4O. The molecule has 0 spiro atoms. The first kappa shape index (κ1) is 14.1. The van der Waals surface area contributed by atoms with Crippen LogP contribution in [0.4, 0.5) is 0 Å². The first-order chi connectivity index (χ1) is 9.03. The van der Waals surface area contributed by atoms with E-state index < -0.39 is 0 Å². The van der Waals surface area contributed by atoms with Crippen LogP contribution >= 0.6 is 0 Å². The molecule has 2 rings (SSSR count). The fourth-order valence-corrected chi connectivity index (χ4v) is 2.08. The van der Waals surface area contributed by atoms with E-state index in [1.165, 1.54) is 0 Å². The van der Waals surface area contributed by atoms with Crippen LogP contribution in [0.15, 0.2) is 12.5 Å². The number of aryl methyl sites for hydroxylation is 1. The summed E-state index contributed by atoms with van der Waals surface area (Å²) in [7, 11) is 1.94. The van der Waals surface area contributed by atoms with Crippen molar-refractivity contribution in [2.24, 2.45) is 0 Å². The molecule has 0 atom stereocenters. The van der Waals surface area contributed by atoms with E-state index in [9.17, 15) is 4.79 Å². The molecule has 0 aromatic carbocycles. The standard InChI is InChI=1S/C14H24N4O/c1-14(2,15-3)12-9-16-10-18(12)8-4-5-13(19)17-11-6-7-11/h9-11,15H,4-8H2,1-3H3,(H,17,19). The summed E-state index contributed by atoms with van der Waals surface area (Å²) in [6.07, 6.45) is 7.46. The van der Waals surface area contributed by atoms with Crippen LogP contribution in [0.1, 0.15) is 45.2 Å². The van der Waals surface area contributed by atoms with Gasteiger partial charge < -0.3 is 15.2 Å². The third kappa shape index (κ3) is 3.80. The van der Waals surface area contributed by atoms with E-state index in [-0.39, 0.29) is 11.4 Å². The lowest BCUT2D eigenvalue weighted by molar-refractivity contribution is -0.121. The molecule has 1 aromatic heterocycles. The Hall–Kier alpha value is -1.36. The highest BCUT2D eigenvalue weighted by Gasteiger charge is 2.23. The number of nitrogens with one attached hydrogen (secondary N) is 2. The van der Waals surface area contributed by atoms with Gasteiger partial charge in [-0.2, -0.15) is 0 Å². The summed E-state index contributed by atoms with van der Waals surface area (Å²) in [4.78, 5) is 15.8. The Labute approximate surface area is 114 Å². The van der Waals surface area contributed by atoms with Gasteiger partial charge in [-0.1, -0.05) is 0 Å². The molecule has 2 N–H and O–H groups in total. The molecule has 1 heterocycles. The van der Waals surface area contributed by atoms with Gasteiger partial charge in [-0.25, -0.2) is 4.98 Å². The Balaban J connectivity index is 1.82. The number of rotatable bonds is 7. The van der Waals surface area contributed by atoms with Crippen LogP contribution in [0.5, 0.6) is 0 Å². The molecule has 1 aliphatic carbocycles.